The van der Waals surface area contributed by atoms with Crippen molar-refractivity contribution < 1.29 is 14.8 Å². The van der Waals surface area contributed by atoms with Crippen molar-refractivity contribution in [1.82, 2.24) is 4.90 Å². The molecule has 1 aliphatic rings. The van der Waals surface area contributed by atoms with Gasteiger partial charge in [-0.3, -0.25) is 14.9 Å². The quantitative estimate of drug-likeness (QED) is 0.631. The normalized spacial score (nSPS) is 16.6. The van der Waals surface area contributed by atoms with E-state index in [2.05, 4.69) is 0 Å². The van der Waals surface area contributed by atoms with Crippen molar-refractivity contribution in [3.63, 3.8) is 0 Å². The molecular formula is C12H14N2O4. The lowest BCUT2D eigenvalue weighted by Gasteiger charge is -2.29. The first-order valence-corrected chi connectivity index (χ1v) is 5.80. The maximum atomic E-state index is 12.1. The van der Waals surface area contributed by atoms with Gasteiger partial charge in [0.1, 0.15) is 0 Å². The van der Waals surface area contributed by atoms with Crippen molar-refractivity contribution in [2.75, 3.05) is 13.1 Å². The van der Waals surface area contributed by atoms with Gasteiger partial charge in [0.15, 0.2) is 0 Å². The molecule has 0 aliphatic carbocycles. The van der Waals surface area contributed by atoms with Gasteiger partial charge in [0.2, 0.25) is 0 Å². The molecule has 0 saturated carbocycles. The molecule has 0 spiro atoms. The second-order valence-electron chi connectivity index (χ2n) is 4.33. The van der Waals surface area contributed by atoms with Crippen molar-refractivity contribution in [2.45, 2.75) is 18.9 Å². The summed E-state index contributed by atoms with van der Waals surface area (Å²) in [7, 11) is 0. The molecule has 18 heavy (non-hydrogen) atoms. The second-order valence-corrected chi connectivity index (χ2v) is 4.33. The van der Waals surface area contributed by atoms with E-state index in [1.165, 1.54) is 24.3 Å². The van der Waals surface area contributed by atoms with Crippen LogP contribution < -0.4 is 0 Å². The Hall–Kier alpha value is -1.95. The third kappa shape index (κ3) is 2.65. The number of hydrogen-bond donors (Lipinski definition) is 1. The van der Waals surface area contributed by atoms with Crippen LogP contribution in [0, 0.1) is 10.1 Å². The fraction of sp³-hybridized carbons (Fsp3) is 0.417. The summed E-state index contributed by atoms with van der Waals surface area (Å²) in [5, 5.41) is 19.9. The molecule has 96 valence electrons. The van der Waals surface area contributed by atoms with Gasteiger partial charge in [0.25, 0.3) is 11.6 Å². The minimum absolute atomic E-state index is 0.0272. The molecule has 1 saturated heterocycles. The molecule has 1 heterocycles. The van der Waals surface area contributed by atoms with E-state index >= 15 is 0 Å². The number of likely N-dealkylation sites (tertiary alicyclic amines) is 1. The highest BCUT2D eigenvalue weighted by atomic mass is 16.6. The van der Waals surface area contributed by atoms with Crippen LogP contribution >= 0.6 is 0 Å². The Labute approximate surface area is 104 Å². The van der Waals surface area contributed by atoms with E-state index in [1.807, 2.05) is 0 Å². The highest BCUT2D eigenvalue weighted by Gasteiger charge is 2.22. The molecule has 1 aromatic carbocycles. The number of hydrogen-bond acceptors (Lipinski definition) is 4. The largest absolute Gasteiger partial charge is 0.393 e. The molecule has 0 aromatic heterocycles. The van der Waals surface area contributed by atoms with Crippen LogP contribution in [0.5, 0.6) is 0 Å². The van der Waals surface area contributed by atoms with Gasteiger partial charge in [-0.05, 0) is 25.0 Å². The molecule has 1 amide bonds. The highest BCUT2D eigenvalue weighted by Crippen LogP contribution is 2.16. The first-order chi connectivity index (χ1) is 8.58. The number of aliphatic hydroxyl groups excluding tert-OH is 1. The Bertz CT molecular complexity index is 450. The fourth-order valence-electron chi connectivity index (χ4n) is 1.98. The van der Waals surface area contributed by atoms with Crippen molar-refractivity contribution in [2.24, 2.45) is 0 Å². The van der Waals surface area contributed by atoms with Crippen molar-refractivity contribution in [3.05, 3.63) is 39.9 Å². The van der Waals surface area contributed by atoms with Gasteiger partial charge in [-0.25, -0.2) is 0 Å². The number of piperidine rings is 1. The average molecular weight is 250 g/mol. The summed E-state index contributed by atoms with van der Waals surface area (Å²) in [6, 6.07) is 5.58. The van der Waals surface area contributed by atoms with Crippen LogP contribution in [-0.4, -0.2) is 40.0 Å². The molecule has 0 radical (unpaired) electrons. The monoisotopic (exact) mass is 250 g/mol. The Morgan fingerprint density at radius 1 is 1.28 bits per heavy atom. The maximum absolute atomic E-state index is 12.1. The molecule has 6 nitrogen and oxygen atoms in total. The van der Waals surface area contributed by atoms with E-state index < -0.39 is 4.92 Å². The number of carbonyl (C=O) groups is 1. The lowest BCUT2D eigenvalue weighted by molar-refractivity contribution is -0.384. The summed E-state index contributed by atoms with van der Waals surface area (Å²) in [6.07, 6.45) is 0.836. The van der Waals surface area contributed by atoms with Crippen LogP contribution in [0.3, 0.4) is 0 Å². The number of amides is 1. The highest BCUT2D eigenvalue weighted by molar-refractivity contribution is 5.94. The van der Waals surface area contributed by atoms with Gasteiger partial charge in [-0.2, -0.15) is 0 Å². The smallest absolute Gasteiger partial charge is 0.269 e. The zero-order chi connectivity index (χ0) is 13.1. The number of nitrogens with zero attached hydrogens (tertiary/aromatic N) is 2. The standard InChI is InChI=1S/C12H14N2O4/c15-11-5-7-13(8-6-11)12(16)9-1-3-10(4-2-9)14(17)18/h1-4,11,15H,5-8H2. The maximum Gasteiger partial charge on any atom is 0.269 e. The van der Waals surface area contributed by atoms with Gasteiger partial charge < -0.3 is 10.0 Å². The number of nitro groups is 1. The van der Waals surface area contributed by atoms with Crippen molar-refractivity contribution in [1.29, 1.82) is 0 Å². The summed E-state index contributed by atoms with van der Waals surface area (Å²) < 4.78 is 0. The molecule has 6 heteroatoms. The molecule has 0 unspecified atom stereocenters. The van der Waals surface area contributed by atoms with E-state index in [-0.39, 0.29) is 17.7 Å². The van der Waals surface area contributed by atoms with Crippen molar-refractivity contribution >= 4 is 11.6 Å². The van der Waals surface area contributed by atoms with Crippen LogP contribution in [0.1, 0.15) is 23.2 Å². The summed E-state index contributed by atoms with van der Waals surface area (Å²) >= 11 is 0. The third-order valence-electron chi connectivity index (χ3n) is 3.08. The summed E-state index contributed by atoms with van der Waals surface area (Å²) in [5.74, 6) is -0.142. The van der Waals surface area contributed by atoms with Crippen molar-refractivity contribution in [3.8, 4) is 0 Å². The van der Waals surface area contributed by atoms with Crippen LogP contribution in [0.15, 0.2) is 24.3 Å². The topological polar surface area (TPSA) is 83.7 Å². The minimum atomic E-state index is -0.495. The molecule has 2 rings (SSSR count). The van der Waals surface area contributed by atoms with Crippen LogP contribution in [-0.2, 0) is 0 Å². The van der Waals surface area contributed by atoms with Gasteiger partial charge in [-0.15, -0.1) is 0 Å². The Morgan fingerprint density at radius 2 is 1.83 bits per heavy atom. The molecular weight excluding hydrogens is 236 g/mol. The van der Waals surface area contributed by atoms with E-state index in [0.29, 0.717) is 31.5 Å². The lowest BCUT2D eigenvalue weighted by Crippen LogP contribution is -2.40. The zero-order valence-corrected chi connectivity index (χ0v) is 9.78. The fourth-order valence-corrected chi connectivity index (χ4v) is 1.98. The Kier molecular flexibility index (Phi) is 3.57. The molecule has 0 atom stereocenters. The number of aliphatic hydroxyl groups is 1. The van der Waals surface area contributed by atoms with Crippen LogP contribution in [0.4, 0.5) is 5.69 Å². The predicted octanol–water partition coefficient (Wildman–Crippen LogP) is 1.19. The SMILES string of the molecule is O=C(c1ccc([N+](=O)[O-])cc1)N1CCC(O)CC1. The summed E-state index contributed by atoms with van der Waals surface area (Å²) in [6.45, 7) is 1.05. The van der Waals surface area contributed by atoms with E-state index in [1.54, 1.807) is 4.90 Å². The third-order valence-corrected chi connectivity index (χ3v) is 3.08. The Balaban J connectivity index is 2.07. The van der Waals surface area contributed by atoms with Crippen LogP contribution in [0.25, 0.3) is 0 Å². The summed E-state index contributed by atoms with van der Waals surface area (Å²) in [4.78, 5) is 23.7. The van der Waals surface area contributed by atoms with Gasteiger partial charge >= 0.3 is 0 Å². The zero-order valence-electron chi connectivity index (χ0n) is 9.78. The number of benzene rings is 1. The van der Waals surface area contributed by atoms with Gasteiger partial charge in [0, 0.05) is 30.8 Å². The first kappa shape index (κ1) is 12.5. The van der Waals surface area contributed by atoms with Gasteiger partial charge in [0.05, 0.1) is 11.0 Å². The minimum Gasteiger partial charge on any atom is -0.393 e. The lowest BCUT2D eigenvalue weighted by atomic mass is 10.1. The molecule has 1 fully saturated rings. The van der Waals surface area contributed by atoms with E-state index in [0.717, 1.165) is 0 Å². The number of rotatable bonds is 2. The Morgan fingerprint density at radius 3 is 2.33 bits per heavy atom. The number of non-ortho nitro benzene ring substituents is 1. The summed E-state index contributed by atoms with van der Waals surface area (Å²) in [5.41, 5.74) is 0.414. The first-order valence-electron chi connectivity index (χ1n) is 5.80. The van der Waals surface area contributed by atoms with Crippen LogP contribution in [0.2, 0.25) is 0 Å². The second kappa shape index (κ2) is 5.14. The van der Waals surface area contributed by atoms with E-state index in [9.17, 15) is 20.0 Å². The predicted molar refractivity (Wildman–Crippen MR) is 64.2 cm³/mol. The molecule has 0 bridgehead atoms. The molecule has 1 N–H and O–H groups in total. The molecule has 1 aliphatic heterocycles. The van der Waals surface area contributed by atoms with Gasteiger partial charge in [-0.1, -0.05) is 0 Å². The molecule has 1 aromatic rings. The number of carbonyl (C=O) groups excluding carboxylic acids is 1. The average Bonchev–Trinajstić information content (AvgIpc) is 2.39. The number of nitro benzene ring substituents is 1. The van der Waals surface area contributed by atoms with E-state index in [4.69, 9.17) is 0 Å².